The lowest BCUT2D eigenvalue weighted by molar-refractivity contribution is 0.446. The Labute approximate surface area is 108 Å². The van der Waals surface area contributed by atoms with Crippen molar-refractivity contribution in [2.45, 2.75) is 39.7 Å². The van der Waals surface area contributed by atoms with Crippen molar-refractivity contribution in [2.24, 2.45) is 5.92 Å². The number of rotatable bonds is 4. The second-order valence-corrected chi connectivity index (χ2v) is 5.86. The summed E-state index contributed by atoms with van der Waals surface area (Å²) in [6, 6.07) is 0.368. The second kappa shape index (κ2) is 5.83. The van der Waals surface area contributed by atoms with E-state index in [2.05, 4.69) is 36.4 Å². The van der Waals surface area contributed by atoms with Gasteiger partial charge in [-0.3, -0.25) is 0 Å². The molecule has 2 atom stereocenters. The predicted octanol–water partition coefficient (Wildman–Crippen LogP) is 3.05. The highest BCUT2D eigenvalue weighted by Gasteiger charge is 2.19. The number of anilines is 1. The highest BCUT2D eigenvalue weighted by Crippen LogP contribution is 2.27. The fraction of sp³-hybridized carbons (Fsp3) is 0.769. The van der Waals surface area contributed by atoms with Crippen LogP contribution in [0.3, 0.4) is 0 Å². The molecule has 0 spiro atoms. The van der Waals surface area contributed by atoms with Crippen molar-refractivity contribution in [2.75, 3.05) is 24.5 Å². The van der Waals surface area contributed by atoms with Crippen molar-refractivity contribution in [1.82, 2.24) is 10.3 Å². The van der Waals surface area contributed by atoms with E-state index in [1.54, 1.807) is 11.3 Å². The van der Waals surface area contributed by atoms with Crippen molar-refractivity contribution >= 4 is 16.5 Å². The minimum atomic E-state index is 0.368. The Balaban J connectivity index is 2.02. The molecule has 1 aliphatic heterocycles. The average molecular weight is 253 g/mol. The van der Waals surface area contributed by atoms with E-state index < -0.39 is 0 Å². The summed E-state index contributed by atoms with van der Waals surface area (Å²) < 4.78 is 0. The molecule has 96 valence electrons. The zero-order valence-electron chi connectivity index (χ0n) is 11.1. The fourth-order valence-corrected chi connectivity index (χ4v) is 3.35. The highest BCUT2D eigenvalue weighted by atomic mass is 32.1. The average Bonchev–Trinajstić information content (AvgIpc) is 2.78. The fourth-order valence-electron chi connectivity index (χ4n) is 2.39. The minimum Gasteiger partial charge on any atom is -0.348 e. The first kappa shape index (κ1) is 12.8. The van der Waals surface area contributed by atoms with E-state index in [-0.39, 0.29) is 0 Å². The number of hydrogen-bond donors (Lipinski definition) is 1. The van der Waals surface area contributed by atoms with Gasteiger partial charge in [-0.1, -0.05) is 13.8 Å². The summed E-state index contributed by atoms with van der Waals surface area (Å²) in [5, 5.41) is 6.81. The SMILES string of the molecule is CCNC(C)c1csc(N2CCCC(C)C2)n1. The summed E-state index contributed by atoms with van der Waals surface area (Å²) in [7, 11) is 0. The van der Waals surface area contributed by atoms with Gasteiger partial charge in [-0.25, -0.2) is 4.98 Å². The normalized spacial score (nSPS) is 22.8. The lowest BCUT2D eigenvalue weighted by atomic mass is 10.0. The third-order valence-electron chi connectivity index (χ3n) is 3.39. The number of nitrogens with zero attached hydrogens (tertiary/aromatic N) is 2. The molecule has 4 heteroatoms. The van der Waals surface area contributed by atoms with Crippen molar-refractivity contribution in [3.63, 3.8) is 0 Å². The quantitative estimate of drug-likeness (QED) is 0.894. The Kier molecular flexibility index (Phi) is 4.40. The molecule has 2 unspecified atom stereocenters. The standard InChI is InChI=1S/C13H23N3S/c1-4-14-11(3)12-9-17-13(15-12)16-7-5-6-10(2)8-16/h9-11,14H,4-8H2,1-3H3. The maximum atomic E-state index is 4.77. The van der Waals surface area contributed by atoms with Crippen LogP contribution >= 0.6 is 11.3 Å². The van der Waals surface area contributed by atoms with Crippen molar-refractivity contribution in [1.29, 1.82) is 0 Å². The first-order valence-electron chi connectivity index (χ1n) is 6.64. The molecule has 0 aliphatic carbocycles. The van der Waals surface area contributed by atoms with Gasteiger partial charge in [0.05, 0.1) is 5.69 Å². The molecule has 0 aromatic carbocycles. The third-order valence-corrected chi connectivity index (χ3v) is 4.31. The van der Waals surface area contributed by atoms with E-state index in [1.165, 1.54) is 36.8 Å². The third kappa shape index (κ3) is 3.19. The van der Waals surface area contributed by atoms with Crippen LogP contribution in [0.4, 0.5) is 5.13 Å². The molecule has 0 amide bonds. The van der Waals surface area contributed by atoms with Crippen molar-refractivity contribution in [3.8, 4) is 0 Å². The summed E-state index contributed by atoms with van der Waals surface area (Å²) in [5.41, 5.74) is 1.19. The Hall–Kier alpha value is -0.610. The maximum Gasteiger partial charge on any atom is 0.185 e. The topological polar surface area (TPSA) is 28.2 Å². The predicted molar refractivity (Wildman–Crippen MR) is 74.8 cm³/mol. The Morgan fingerprint density at radius 2 is 2.47 bits per heavy atom. The number of piperidine rings is 1. The van der Waals surface area contributed by atoms with Gasteiger partial charge in [0.2, 0.25) is 0 Å². The van der Waals surface area contributed by atoms with Crippen LogP contribution in [0.2, 0.25) is 0 Å². The lowest BCUT2D eigenvalue weighted by Crippen LogP contribution is -2.34. The van der Waals surface area contributed by atoms with E-state index in [4.69, 9.17) is 4.98 Å². The number of thiazole rings is 1. The summed E-state index contributed by atoms with van der Waals surface area (Å²) in [6.07, 6.45) is 2.67. The molecule has 1 aliphatic rings. The number of aromatic nitrogens is 1. The summed E-state index contributed by atoms with van der Waals surface area (Å²) in [5.74, 6) is 0.808. The van der Waals surface area contributed by atoms with Crippen LogP contribution in [0.1, 0.15) is 45.3 Å². The lowest BCUT2D eigenvalue weighted by Gasteiger charge is -2.30. The van der Waals surface area contributed by atoms with Crippen LogP contribution in [0.5, 0.6) is 0 Å². The van der Waals surface area contributed by atoms with Gasteiger partial charge in [-0.05, 0) is 32.2 Å². The number of hydrogen-bond acceptors (Lipinski definition) is 4. The van der Waals surface area contributed by atoms with E-state index in [9.17, 15) is 0 Å². The van der Waals surface area contributed by atoms with Crippen molar-refractivity contribution in [3.05, 3.63) is 11.1 Å². The van der Waals surface area contributed by atoms with Gasteiger partial charge in [0.15, 0.2) is 5.13 Å². The van der Waals surface area contributed by atoms with E-state index in [0.29, 0.717) is 6.04 Å². The summed E-state index contributed by atoms with van der Waals surface area (Å²) >= 11 is 1.79. The van der Waals surface area contributed by atoms with Crippen LogP contribution in [0.15, 0.2) is 5.38 Å². The molecule has 1 saturated heterocycles. The van der Waals surface area contributed by atoms with Gasteiger partial charge in [0.25, 0.3) is 0 Å². The van der Waals surface area contributed by atoms with Crippen LogP contribution in [0.25, 0.3) is 0 Å². The van der Waals surface area contributed by atoms with Gasteiger partial charge in [-0.15, -0.1) is 11.3 Å². The van der Waals surface area contributed by atoms with E-state index >= 15 is 0 Å². The molecule has 2 heterocycles. The zero-order valence-corrected chi connectivity index (χ0v) is 11.9. The van der Waals surface area contributed by atoms with Crippen LogP contribution in [0, 0.1) is 5.92 Å². The van der Waals surface area contributed by atoms with Crippen molar-refractivity contribution < 1.29 is 0 Å². The second-order valence-electron chi connectivity index (χ2n) is 5.03. The molecule has 2 rings (SSSR count). The molecule has 17 heavy (non-hydrogen) atoms. The van der Waals surface area contributed by atoms with E-state index in [1.807, 2.05) is 0 Å². The number of nitrogens with one attached hydrogen (secondary N) is 1. The molecular weight excluding hydrogens is 230 g/mol. The maximum absolute atomic E-state index is 4.77. The molecule has 1 aromatic rings. The largest absolute Gasteiger partial charge is 0.348 e. The van der Waals surface area contributed by atoms with Gasteiger partial charge in [0.1, 0.15) is 0 Å². The van der Waals surface area contributed by atoms with Gasteiger partial charge >= 0.3 is 0 Å². The molecule has 3 nitrogen and oxygen atoms in total. The molecule has 0 radical (unpaired) electrons. The van der Waals surface area contributed by atoms with E-state index in [0.717, 1.165) is 12.5 Å². The van der Waals surface area contributed by atoms with Crippen LogP contribution < -0.4 is 10.2 Å². The summed E-state index contributed by atoms with van der Waals surface area (Å²) in [6.45, 7) is 9.99. The van der Waals surface area contributed by atoms with Gasteiger partial charge in [0, 0.05) is 24.5 Å². The van der Waals surface area contributed by atoms with Crippen LogP contribution in [-0.4, -0.2) is 24.6 Å². The molecule has 1 aromatic heterocycles. The van der Waals surface area contributed by atoms with Gasteiger partial charge in [-0.2, -0.15) is 0 Å². The highest BCUT2D eigenvalue weighted by molar-refractivity contribution is 7.13. The summed E-state index contributed by atoms with van der Waals surface area (Å²) in [4.78, 5) is 7.21. The van der Waals surface area contributed by atoms with Gasteiger partial charge < -0.3 is 10.2 Å². The molecule has 0 bridgehead atoms. The van der Waals surface area contributed by atoms with Crippen LogP contribution in [-0.2, 0) is 0 Å². The zero-order chi connectivity index (χ0) is 12.3. The monoisotopic (exact) mass is 253 g/mol. The Morgan fingerprint density at radius 1 is 1.65 bits per heavy atom. The molecule has 1 fully saturated rings. The Morgan fingerprint density at radius 3 is 3.18 bits per heavy atom. The molecule has 0 saturated carbocycles. The molecular formula is C13H23N3S. The minimum absolute atomic E-state index is 0.368. The Bertz CT molecular complexity index is 350. The first-order chi connectivity index (χ1) is 8.20. The first-order valence-corrected chi connectivity index (χ1v) is 7.52. The molecule has 1 N–H and O–H groups in total. The smallest absolute Gasteiger partial charge is 0.185 e.